The van der Waals surface area contributed by atoms with E-state index >= 15 is 0 Å². The molecule has 80 valence electrons. The van der Waals surface area contributed by atoms with E-state index in [1.807, 2.05) is 6.92 Å². The van der Waals surface area contributed by atoms with Crippen LogP contribution < -0.4 is 0 Å². The van der Waals surface area contributed by atoms with Crippen LogP contribution in [-0.4, -0.2) is 22.3 Å². The first-order valence-corrected chi connectivity index (χ1v) is 4.78. The summed E-state index contributed by atoms with van der Waals surface area (Å²) in [7, 11) is 0. The molecule has 2 N–H and O–H groups in total. The third-order valence-corrected chi connectivity index (χ3v) is 2.62. The molecule has 1 unspecified atom stereocenters. The van der Waals surface area contributed by atoms with Crippen molar-refractivity contribution in [3.05, 3.63) is 28.8 Å². The Morgan fingerprint density at radius 1 is 1.53 bits per heavy atom. The average molecular weight is 208 g/mol. The molecule has 0 radical (unpaired) electrons. The summed E-state index contributed by atoms with van der Waals surface area (Å²) in [6.45, 7) is 2.30. The summed E-state index contributed by atoms with van der Waals surface area (Å²) in [5.41, 5.74) is 1.56. The lowest BCUT2D eigenvalue weighted by Crippen LogP contribution is -2.21. The SMILES string of the molecule is CC1Cc2c(ccc(O)c2C(=O)O)CO1. The van der Waals surface area contributed by atoms with Gasteiger partial charge in [-0.05, 0) is 30.5 Å². The number of carboxylic acids is 1. The second kappa shape index (κ2) is 3.55. The van der Waals surface area contributed by atoms with E-state index in [0.717, 1.165) is 5.56 Å². The second-order valence-corrected chi connectivity index (χ2v) is 3.73. The Hall–Kier alpha value is -1.55. The van der Waals surface area contributed by atoms with E-state index in [1.54, 1.807) is 6.07 Å². The number of hydrogen-bond donors (Lipinski definition) is 2. The van der Waals surface area contributed by atoms with Crippen LogP contribution in [-0.2, 0) is 17.8 Å². The summed E-state index contributed by atoms with van der Waals surface area (Å²) in [6, 6.07) is 3.12. The van der Waals surface area contributed by atoms with E-state index in [1.165, 1.54) is 6.07 Å². The fraction of sp³-hybridized carbons (Fsp3) is 0.364. The molecule has 0 bridgehead atoms. The Morgan fingerprint density at radius 3 is 2.93 bits per heavy atom. The van der Waals surface area contributed by atoms with Crippen LogP contribution in [0.5, 0.6) is 5.75 Å². The van der Waals surface area contributed by atoms with Gasteiger partial charge in [0, 0.05) is 0 Å². The zero-order valence-electron chi connectivity index (χ0n) is 8.36. The molecule has 2 rings (SSSR count). The lowest BCUT2D eigenvalue weighted by Gasteiger charge is -2.24. The van der Waals surface area contributed by atoms with Gasteiger partial charge in [0.25, 0.3) is 0 Å². The number of aromatic carboxylic acids is 1. The maximum Gasteiger partial charge on any atom is 0.339 e. The summed E-state index contributed by atoms with van der Waals surface area (Å²) in [5.74, 6) is -1.26. The maximum absolute atomic E-state index is 11.0. The number of carboxylic acid groups (broad SMARTS) is 1. The van der Waals surface area contributed by atoms with Gasteiger partial charge in [0.15, 0.2) is 0 Å². The Kier molecular flexibility index (Phi) is 2.36. The van der Waals surface area contributed by atoms with Crippen LogP contribution in [0.3, 0.4) is 0 Å². The molecule has 0 saturated heterocycles. The number of fused-ring (bicyclic) bond motifs is 1. The normalized spacial score (nSPS) is 19.7. The molecule has 1 atom stereocenters. The highest BCUT2D eigenvalue weighted by Gasteiger charge is 2.24. The molecule has 1 heterocycles. The van der Waals surface area contributed by atoms with Crippen molar-refractivity contribution in [2.24, 2.45) is 0 Å². The molecule has 1 aliphatic heterocycles. The fourth-order valence-electron chi connectivity index (χ4n) is 1.86. The lowest BCUT2D eigenvalue weighted by molar-refractivity contribution is 0.0401. The van der Waals surface area contributed by atoms with Crippen molar-refractivity contribution in [3.63, 3.8) is 0 Å². The van der Waals surface area contributed by atoms with Gasteiger partial charge in [0.2, 0.25) is 0 Å². The Bertz CT molecular complexity index is 411. The molecule has 4 heteroatoms. The first-order chi connectivity index (χ1) is 7.09. The molecular formula is C11H12O4. The van der Waals surface area contributed by atoms with Crippen LogP contribution in [0.25, 0.3) is 0 Å². The molecule has 1 aliphatic rings. The third kappa shape index (κ3) is 1.68. The molecule has 0 spiro atoms. The summed E-state index contributed by atoms with van der Waals surface area (Å²) < 4.78 is 5.40. The zero-order valence-corrected chi connectivity index (χ0v) is 8.36. The third-order valence-electron chi connectivity index (χ3n) is 2.62. The minimum Gasteiger partial charge on any atom is -0.507 e. The first-order valence-electron chi connectivity index (χ1n) is 4.78. The molecule has 0 fully saturated rings. The average Bonchev–Trinajstić information content (AvgIpc) is 2.16. The molecule has 1 aromatic carbocycles. The molecule has 0 aliphatic carbocycles. The van der Waals surface area contributed by atoms with Crippen molar-refractivity contribution in [2.45, 2.75) is 26.1 Å². The highest BCUT2D eigenvalue weighted by molar-refractivity contribution is 5.93. The summed E-state index contributed by atoms with van der Waals surface area (Å²) in [5, 5.41) is 18.5. The van der Waals surface area contributed by atoms with Crippen molar-refractivity contribution < 1.29 is 19.7 Å². The maximum atomic E-state index is 11.0. The number of hydrogen-bond acceptors (Lipinski definition) is 3. The first kappa shape index (κ1) is 9.98. The minimum atomic E-state index is -1.08. The van der Waals surface area contributed by atoms with Gasteiger partial charge >= 0.3 is 5.97 Å². The number of carbonyl (C=O) groups is 1. The predicted octanol–water partition coefficient (Wildman–Crippen LogP) is 1.55. The molecule has 0 amide bonds. The number of ether oxygens (including phenoxy) is 1. The topological polar surface area (TPSA) is 66.8 Å². The van der Waals surface area contributed by atoms with Crippen molar-refractivity contribution in [3.8, 4) is 5.75 Å². The molecule has 0 saturated carbocycles. The predicted molar refractivity (Wildman–Crippen MR) is 53.0 cm³/mol. The van der Waals surface area contributed by atoms with E-state index < -0.39 is 5.97 Å². The zero-order chi connectivity index (χ0) is 11.0. The quantitative estimate of drug-likeness (QED) is 0.734. The van der Waals surface area contributed by atoms with Gasteiger partial charge in [-0.2, -0.15) is 0 Å². The van der Waals surface area contributed by atoms with Gasteiger partial charge in [0.05, 0.1) is 12.7 Å². The standard InChI is InChI=1S/C11H12O4/c1-6-4-8-7(5-15-6)2-3-9(12)10(8)11(13)14/h2-3,6,12H,4-5H2,1H3,(H,13,14). The summed E-state index contributed by atoms with van der Waals surface area (Å²) in [4.78, 5) is 11.0. The van der Waals surface area contributed by atoms with Gasteiger partial charge in [-0.25, -0.2) is 4.79 Å². The monoisotopic (exact) mass is 208 g/mol. The fourth-order valence-corrected chi connectivity index (χ4v) is 1.86. The second-order valence-electron chi connectivity index (χ2n) is 3.73. The Balaban J connectivity index is 2.57. The molecular weight excluding hydrogens is 196 g/mol. The summed E-state index contributed by atoms with van der Waals surface area (Å²) >= 11 is 0. The van der Waals surface area contributed by atoms with Gasteiger partial charge in [-0.15, -0.1) is 0 Å². The molecule has 1 aromatic rings. The number of aromatic hydroxyl groups is 1. The largest absolute Gasteiger partial charge is 0.507 e. The van der Waals surface area contributed by atoms with E-state index in [4.69, 9.17) is 9.84 Å². The minimum absolute atomic E-state index is 0.00241. The van der Waals surface area contributed by atoms with E-state index in [9.17, 15) is 9.90 Å². The van der Waals surface area contributed by atoms with Crippen molar-refractivity contribution >= 4 is 5.97 Å². The summed E-state index contributed by atoms with van der Waals surface area (Å²) in [6.07, 6.45) is 0.531. The molecule has 15 heavy (non-hydrogen) atoms. The van der Waals surface area contributed by atoms with Crippen LogP contribution in [0.2, 0.25) is 0 Å². The van der Waals surface area contributed by atoms with Gasteiger partial charge in [-0.3, -0.25) is 0 Å². The van der Waals surface area contributed by atoms with Crippen molar-refractivity contribution in [2.75, 3.05) is 0 Å². The highest BCUT2D eigenvalue weighted by Crippen LogP contribution is 2.29. The van der Waals surface area contributed by atoms with Crippen molar-refractivity contribution in [1.82, 2.24) is 0 Å². The van der Waals surface area contributed by atoms with Crippen LogP contribution in [0, 0.1) is 0 Å². The van der Waals surface area contributed by atoms with Crippen LogP contribution in [0.1, 0.15) is 28.4 Å². The van der Waals surface area contributed by atoms with Crippen LogP contribution >= 0.6 is 0 Å². The van der Waals surface area contributed by atoms with E-state index in [2.05, 4.69) is 0 Å². The number of benzene rings is 1. The number of rotatable bonds is 1. The van der Waals surface area contributed by atoms with Gasteiger partial charge in [-0.1, -0.05) is 6.07 Å². The Labute approximate surface area is 87.1 Å². The smallest absolute Gasteiger partial charge is 0.339 e. The van der Waals surface area contributed by atoms with Gasteiger partial charge in [0.1, 0.15) is 11.3 Å². The molecule has 0 aromatic heterocycles. The highest BCUT2D eigenvalue weighted by atomic mass is 16.5. The van der Waals surface area contributed by atoms with E-state index in [-0.39, 0.29) is 17.4 Å². The van der Waals surface area contributed by atoms with Crippen LogP contribution in [0.4, 0.5) is 0 Å². The Morgan fingerprint density at radius 2 is 2.27 bits per heavy atom. The van der Waals surface area contributed by atoms with Gasteiger partial charge < -0.3 is 14.9 Å². The van der Waals surface area contributed by atoms with Crippen molar-refractivity contribution in [1.29, 1.82) is 0 Å². The van der Waals surface area contributed by atoms with E-state index in [0.29, 0.717) is 18.6 Å². The lowest BCUT2D eigenvalue weighted by atomic mass is 9.94. The molecule has 4 nitrogen and oxygen atoms in total. The number of phenols is 1. The van der Waals surface area contributed by atoms with Crippen LogP contribution in [0.15, 0.2) is 12.1 Å².